The maximum atomic E-state index is 13.4. The van der Waals surface area contributed by atoms with Crippen LogP contribution in [0.3, 0.4) is 0 Å². The van der Waals surface area contributed by atoms with Crippen LogP contribution in [0.25, 0.3) is 10.4 Å². The van der Waals surface area contributed by atoms with Crippen molar-refractivity contribution in [1.82, 2.24) is 4.90 Å². The second-order valence-corrected chi connectivity index (χ2v) is 5.84. The molecule has 2 rings (SSSR count). The molecule has 3 nitrogen and oxygen atoms in total. The molecule has 0 atom stereocenters. The van der Waals surface area contributed by atoms with Crippen LogP contribution in [0.2, 0.25) is 0 Å². The van der Waals surface area contributed by atoms with E-state index in [1.165, 1.54) is 23.5 Å². The first kappa shape index (κ1) is 15.5. The fourth-order valence-corrected chi connectivity index (χ4v) is 3.44. The summed E-state index contributed by atoms with van der Waals surface area (Å²) >= 11 is 1.33. The summed E-state index contributed by atoms with van der Waals surface area (Å²) in [6.07, 6.45) is 0. The van der Waals surface area contributed by atoms with Gasteiger partial charge >= 0.3 is 0 Å². The van der Waals surface area contributed by atoms with Gasteiger partial charge < -0.3 is 10.6 Å². The predicted molar refractivity (Wildman–Crippen MR) is 86.1 cm³/mol. The van der Waals surface area contributed by atoms with Gasteiger partial charge in [0.2, 0.25) is 0 Å². The number of nitrogens with zero attached hydrogens (tertiary/aromatic N) is 1. The molecule has 0 aliphatic heterocycles. The van der Waals surface area contributed by atoms with E-state index in [1.807, 2.05) is 26.8 Å². The van der Waals surface area contributed by atoms with Crippen LogP contribution in [-0.4, -0.2) is 23.9 Å². The molecule has 1 aromatic heterocycles. The Labute approximate surface area is 128 Å². The third-order valence-corrected chi connectivity index (χ3v) is 4.70. The largest absolute Gasteiger partial charge is 0.390 e. The van der Waals surface area contributed by atoms with Gasteiger partial charge in [-0.1, -0.05) is 12.1 Å². The topological polar surface area (TPSA) is 46.3 Å². The van der Waals surface area contributed by atoms with E-state index in [0.717, 1.165) is 16.0 Å². The lowest BCUT2D eigenvalue weighted by Gasteiger charge is -2.19. The Bertz CT molecular complexity index is 662. The minimum Gasteiger partial charge on any atom is -0.390 e. The Morgan fingerprint density at radius 3 is 2.57 bits per heavy atom. The molecule has 0 saturated carbocycles. The molecule has 2 N–H and O–H groups in total. The standard InChI is InChI=1S/C16H19FN2OS/c1-4-19(5-2)16(20)13-10(3)14(21-15(13)18)11-7-6-8-12(17)9-11/h6-9H,4-5,18H2,1-3H3. The van der Waals surface area contributed by atoms with E-state index in [0.29, 0.717) is 23.7 Å². The van der Waals surface area contributed by atoms with Gasteiger partial charge in [0.15, 0.2) is 0 Å². The molecule has 1 amide bonds. The number of carbonyl (C=O) groups excluding carboxylic acids is 1. The fraction of sp³-hybridized carbons (Fsp3) is 0.312. The second-order valence-electron chi connectivity index (χ2n) is 4.78. The molecule has 1 aromatic carbocycles. The van der Waals surface area contributed by atoms with Crippen molar-refractivity contribution in [2.75, 3.05) is 18.8 Å². The molecule has 0 aliphatic rings. The summed E-state index contributed by atoms with van der Waals surface area (Å²) in [7, 11) is 0. The molecule has 0 unspecified atom stereocenters. The monoisotopic (exact) mass is 306 g/mol. The molecule has 0 aliphatic carbocycles. The molecule has 0 radical (unpaired) electrons. The van der Waals surface area contributed by atoms with Gasteiger partial charge in [-0.15, -0.1) is 11.3 Å². The Morgan fingerprint density at radius 2 is 2.00 bits per heavy atom. The zero-order valence-electron chi connectivity index (χ0n) is 12.4. The van der Waals surface area contributed by atoms with Crippen LogP contribution in [0.1, 0.15) is 29.8 Å². The highest BCUT2D eigenvalue weighted by Gasteiger charge is 2.23. The molecular formula is C16H19FN2OS. The van der Waals surface area contributed by atoms with Gasteiger partial charge in [-0.2, -0.15) is 0 Å². The van der Waals surface area contributed by atoms with E-state index in [1.54, 1.807) is 11.0 Å². The van der Waals surface area contributed by atoms with Crippen molar-refractivity contribution in [2.24, 2.45) is 0 Å². The van der Waals surface area contributed by atoms with Crippen LogP contribution in [0.5, 0.6) is 0 Å². The van der Waals surface area contributed by atoms with Crippen LogP contribution in [-0.2, 0) is 0 Å². The first-order chi connectivity index (χ1) is 9.99. The number of halogens is 1. The zero-order chi connectivity index (χ0) is 15.6. The first-order valence-electron chi connectivity index (χ1n) is 6.93. The average Bonchev–Trinajstić information content (AvgIpc) is 2.75. The lowest BCUT2D eigenvalue weighted by atomic mass is 10.1. The Morgan fingerprint density at radius 1 is 1.33 bits per heavy atom. The van der Waals surface area contributed by atoms with Gasteiger partial charge in [0.05, 0.1) is 10.6 Å². The third kappa shape index (κ3) is 2.93. The number of anilines is 1. The summed E-state index contributed by atoms with van der Waals surface area (Å²) < 4.78 is 13.4. The van der Waals surface area contributed by atoms with E-state index >= 15 is 0 Å². The second kappa shape index (κ2) is 6.26. The van der Waals surface area contributed by atoms with Gasteiger partial charge in [0.1, 0.15) is 5.82 Å². The summed E-state index contributed by atoms with van der Waals surface area (Å²) in [5, 5.41) is 0.490. The maximum absolute atomic E-state index is 13.4. The highest BCUT2D eigenvalue weighted by atomic mass is 32.1. The number of rotatable bonds is 4. The van der Waals surface area contributed by atoms with E-state index < -0.39 is 0 Å². The van der Waals surface area contributed by atoms with Gasteiger partial charge in [0.25, 0.3) is 5.91 Å². The SMILES string of the molecule is CCN(CC)C(=O)c1c(N)sc(-c2cccc(F)c2)c1C. The number of benzene rings is 1. The van der Waals surface area contributed by atoms with Crippen LogP contribution >= 0.6 is 11.3 Å². The van der Waals surface area contributed by atoms with Crippen LogP contribution in [0.15, 0.2) is 24.3 Å². The summed E-state index contributed by atoms with van der Waals surface area (Å²) in [5.74, 6) is -0.357. The molecule has 0 fully saturated rings. The lowest BCUT2D eigenvalue weighted by molar-refractivity contribution is 0.0774. The van der Waals surface area contributed by atoms with Crippen molar-refractivity contribution in [3.05, 3.63) is 41.2 Å². The zero-order valence-corrected chi connectivity index (χ0v) is 13.3. The van der Waals surface area contributed by atoms with Gasteiger partial charge in [-0.05, 0) is 44.0 Å². The molecule has 5 heteroatoms. The maximum Gasteiger partial charge on any atom is 0.257 e. The molecular weight excluding hydrogens is 287 g/mol. The van der Waals surface area contributed by atoms with Crippen molar-refractivity contribution in [3.63, 3.8) is 0 Å². The Kier molecular flexibility index (Phi) is 4.63. The summed E-state index contributed by atoms with van der Waals surface area (Å²) in [4.78, 5) is 15.1. The van der Waals surface area contributed by atoms with Crippen molar-refractivity contribution in [2.45, 2.75) is 20.8 Å². The summed E-state index contributed by atoms with van der Waals surface area (Å²) in [5.41, 5.74) is 8.16. The normalized spacial score (nSPS) is 10.7. The van der Waals surface area contributed by atoms with Crippen LogP contribution in [0, 0.1) is 12.7 Å². The minimum absolute atomic E-state index is 0.0612. The highest BCUT2D eigenvalue weighted by molar-refractivity contribution is 7.19. The molecule has 1 heterocycles. The van der Waals surface area contributed by atoms with Crippen molar-refractivity contribution >= 4 is 22.2 Å². The molecule has 112 valence electrons. The van der Waals surface area contributed by atoms with E-state index in [-0.39, 0.29) is 11.7 Å². The summed E-state index contributed by atoms with van der Waals surface area (Å²) in [6.45, 7) is 7.02. The van der Waals surface area contributed by atoms with Crippen molar-refractivity contribution in [1.29, 1.82) is 0 Å². The molecule has 21 heavy (non-hydrogen) atoms. The Hall–Kier alpha value is -1.88. The fourth-order valence-electron chi connectivity index (χ4n) is 2.38. The van der Waals surface area contributed by atoms with Crippen LogP contribution < -0.4 is 5.73 Å². The van der Waals surface area contributed by atoms with Gasteiger partial charge in [-0.3, -0.25) is 4.79 Å². The lowest BCUT2D eigenvalue weighted by Crippen LogP contribution is -2.31. The average molecular weight is 306 g/mol. The van der Waals surface area contributed by atoms with Gasteiger partial charge in [0, 0.05) is 18.0 Å². The molecule has 0 saturated heterocycles. The van der Waals surface area contributed by atoms with E-state index in [9.17, 15) is 9.18 Å². The summed E-state index contributed by atoms with van der Waals surface area (Å²) in [6, 6.07) is 6.35. The highest BCUT2D eigenvalue weighted by Crippen LogP contribution is 2.38. The van der Waals surface area contributed by atoms with E-state index in [2.05, 4.69) is 0 Å². The Balaban J connectivity index is 2.50. The number of nitrogens with two attached hydrogens (primary N) is 1. The van der Waals surface area contributed by atoms with Crippen LogP contribution in [0.4, 0.5) is 9.39 Å². The van der Waals surface area contributed by atoms with Crippen molar-refractivity contribution in [3.8, 4) is 10.4 Å². The quantitative estimate of drug-likeness (QED) is 0.930. The number of hydrogen-bond acceptors (Lipinski definition) is 3. The number of hydrogen-bond donors (Lipinski definition) is 1. The third-order valence-electron chi connectivity index (χ3n) is 3.53. The van der Waals surface area contributed by atoms with Crippen molar-refractivity contribution < 1.29 is 9.18 Å². The first-order valence-corrected chi connectivity index (χ1v) is 7.75. The van der Waals surface area contributed by atoms with E-state index in [4.69, 9.17) is 5.73 Å². The number of thiophene rings is 1. The molecule has 2 aromatic rings. The predicted octanol–water partition coefficient (Wildman–Crippen LogP) is 3.93. The number of amides is 1. The molecule has 0 bridgehead atoms. The molecule has 0 spiro atoms. The minimum atomic E-state index is -0.296. The number of carbonyl (C=O) groups is 1. The van der Waals surface area contributed by atoms with Gasteiger partial charge in [-0.25, -0.2) is 4.39 Å². The number of nitrogen functional groups attached to an aromatic ring is 1. The smallest absolute Gasteiger partial charge is 0.257 e.